The van der Waals surface area contributed by atoms with Crippen LogP contribution in [0, 0.1) is 5.92 Å². The molecule has 82 valence electrons. The van der Waals surface area contributed by atoms with Crippen LogP contribution in [0.4, 0.5) is 0 Å². The van der Waals surface area contributed by atoms with E-state index in [0.717, 1.165) is 26.4 Å². The second kappa shape index (κ2) is 5.10. The van der Waals surface area contributed by atoms with Gasteiger partial charge in [0.1, 0.15) is 0 Å². The second-order valence-corrected chi connectivity index (χ2v) is 4.45. The third-order valence-corrected chi connectivity index (χ3v) is 3.36. The van der Waals surface area contributed by atoms with Crippen LogP contribution in [0.25, 0.3) is 0 Å². The van der Waals surface area contributed by atoms with Crippen LogP contribution >= 0.6 is 0 Å². The summed E-state index contributed by atoms with van der Waals surface area (Å²) in [7, 11) is 0. The fourth-order valence-electron chi connectivity index (χ4n) is 2.26. The molecule has 3 nitrogen and oxygen atoms in total. The summed E-state index contributed by atoms with van der Waals surface area (Å²) in [6.07, 6.45) is 4.12. The molecule has 2 rings (SSSR count). The molecule has 0 aromatic carbocycles. The summed E-state index contributed by atoms with van der Waals surface area (Å²) in [5.41, 5.74) is 0. The van der Waals surface area contributed by atoms with Crippen LogP contribution in [0.15, 0.2) is 0 Å². The average Bonchev–Trinajstić information content (AvgIpc) is 2.63. The molecule has 1 N–H and O–H groups in total. The lowest BCUT2D eigenvalue weighted by Crippen LogP contribution is -2.40. The molecule has 3 unspecified atom stereocenters. The molecular formula is C11H21NO2. The Bertz CT molecular complexity index is 169. The largest absolute Gasteiger partial charge is 0.380 e. The van der Waals surface area contributed by atoms with E-state index in [9.17, 15) is 0 Å². The van der Waals surface area contributed by atoms with Crippen molar-refractivity contribution in [1.82, 2.24) is 5.32 Å². The van der Waals surface area contributed by atoms with Crippen molar-refractivity contribution in [2.45, 2.75) is 38.3 Å². The monoisotopic (exact) mass is 199 g/mol. The first-order valence-corrected chi connectivity index (χ1v) is 5.79. The molecule has 2 heterocycles. The van der Waals surface area contributed by atoms with Gasteiger partial charge in [-0.3, -0.25) is 0 Å². The predicted molar refractivity (Wildman–Crippen MR) is 55.4 cm³/mol. The molecule has 0 amide bonds. The molecule has 2 aliphatic heterocycles. The minimum atomic E-state index is 0.437. The van der Waals surface area contributed by atoms with Crippen LogP contribution in [-0.2, 0) is 9.47 Å². The van der Waals surface area contributed by atoms with Gasteiger partial charge in [-0.15, -0.1) is 0 Å². The van der Waals surface area contributed by atoms with E-state index in [1.165, 1.54) is 19.3 Å². The molecular weight excluding hydrogens is 178 g/mol. The molecule has 2 saturated heterocycles. The van der Waals surface area contributed by atoms with Gasteiger partial charge < -0.3 is 14.8 Å². The Labute approximate surface area is 86.2 Å². The lowest BCUT2D eigenvalue weighted by atomic mass is 10.0. The Morgan fingerprint density at radius 3 is 2.86 bits per heavy atom. The Morgan fingerprint density at radius 2 is 2.21 bits per heavy atom. The van der Waals surface area contributed by atoms with E-state index < -0.39 is 0 Å². The maximum Gasteiger partial charge on any atom is 0.0619 e. The van der Waals surface area contributed by atoms with Gasteiger partial charge in [0.15, 0.2) is 0 Å². The van der Waals surface area contributed by atoms with Gasteiger partial charge in [0.2, 0.25) is 0 Å². The predicted octanol–water partition coefficient (Wildman–Crippen LogP) is 1.18. The highest BCUT2D eigenvalue weighted by Gasteiger charge is 2.25. The third kappa shape index (κ3) is 2.69. The summed E-state index contributed by atoms with van der Waals surface area (Å²) >= 11 is 0. The summed E-state index contributed by atoms with van der Waals surface area (Å²) in [4.78, 5) is 0. The second-order valence-electron chi connectivity index (χ2n) is 4.45. The topological polar surface area (TPSA) is 30.5 Å². The van der Waals surface area contributed by atoms with Crippen molar-refractivity contribution in [1.29, 1.82) is 0 Å². The van der Waals surface area contributed by atoms with Crippen LogP contribution in [0.5, 0.6) is 0 Å². The SMILES string of the molecule is CC1OCCC1CNC1CCCOC1. The lowest BCUT2D eigenvalue weighted by molar-refractivity contribution is 0.0651. The number of hydrogen-bond acceptors (Lipinski definition) is 3. The van der Waals surface area contributed by atoms with Crippen LogP contribution in [0.2, 0.25) is 0 Å². The Morgan fingerprint density at radius 1 is 1.29 bits per heavy atom. The van der Waals surface area contributed by atoms with E-state index in [4.69, 9.17) is 9.47 Å². The minimum absolute atomic E-state index is 0.437. The molecule has 2 fully saturated rings. The fraction of sp³-hybridized carbons (Fsp3) is 1.00. The van der Waals surface area contributed by atoms with Crippen LogP contribution in [0.3, 0.4) is 0 Å². The first kappa shape index (κ1) is 10.4. The highest BCUT2D eigenvalue weighted by Crippen LogP contribution is 2.19. The zero-order valence-corrected chi connectivity index (χ0v) is 9.00. The van der Waals surface area contributed by atoms with Crippen molar-refractivity contribution in [3.8, 4) is 0 Å². The molecule has 0 spiro atoms. The van der Waals surface area contributed by atoms with E-state index in [-0.39, 0.29) is 0 Å². The smallest absolute Gasteiger partial charge is 0.0619 e. The highest BCUT2D eigenvalue weighted by molar-refractivity contribution is 4.78. The van der Waals surface area contributed by atoms with Gasteiger partial charge >= 0.3 is 0 Å². The van der Waals surface area contributed by atoms with Crippen molar-refractivity contribution in [2.24, 2.45) is 5.92 Å². The van der Waals surface area contributed by atoms with Crippen molar-refractivity contribution < 1.29 is 9.47 Å². The summed E-state index contributed by atoms with van der Waals surface area (Å²) in [5, 5.41) is 3.59. The highest BCUT2D eigenvalue weighted by atomic mass is 16.5. The lowest BCUT2D eigenvalue weighted by Gasteiger charge is -2.25. The quantitative estimate of drug-likeness (QED) is 0.740. The van der Waals surface area contributed by atoms with Gasteiger partial charge in [-0.1, -0.05) is 0 Å². The van der Waals surface area contributed by atoms with E-state index in [0.29, 0.717) is 18.1 Å². The maximum absolute atomic E-state index is 5.53. The van der Waals surface area contributed by atoms with Gasteiger partial charge in [-0.05, 0) is 32.1 Å². The Kier molecular flexibility index (Phi) is 3.79. The molecule has 2 aliphatic rings. The molecule has 0 aromatic heterocycles. The van der Waals surface area contributed by atoms with Gasteiger partial charge in [-0.2, -0.15) is 0 Å². The Hall–Kier alpha value is -0.120. The minimum Gasteiger partial charge on any atom is -0.380 e. The van der Waals surface area contributed by atoms with Gasteiger partial charge in [-0.25, -0.2) is 0 Å². The Balaban J connectivity index is 1.65. The van der Waals surface area contributed by atoms with Crippen molar-refractivity contribution in [2.75, 3.05) is 26.4 Å². The van der Waals surface area contributed by atoms with E-state index in [1.54, 1.807) is 0 Å². The first-order chi connectivity index (χ1) is 6.86. The van der Waals surface area contributed by atoms with E-state index in [2.05, 4.69) is 12.2 Å². The molecule has 0 bridgehead atoms. The molecule has 0 saturated carbocycles. The summed E-state index contributed by atoms with van der Waals surface area (Å²) in [5.74, 6) is 0.705. The summed E-state index contributed by atoms with van der Waals surface area (Å²) < 4.78 is 11.0. The van der Waals surface area contributed by atoms with Crippen LogP contribution in [0.1, 0.15) is 26.2 Å². The van der Waals surface area contributed by atoms with Gasteiger partial charge in [0.05, 0.1) is 12.7 Å². The summed E-state index contributed by atoms with van der Waals surface area (Å²) in [6.45, 7) is 6.05. The zero-order valence-electron chi connectivity index (χ0n) is 9.00. The van der Waals surface area contributed by atoms with E-state index >= 15 is 0 Å². The molecule has 0 radical (unpaired) electrons. The number of hydrogen-bond donors (Lipinski definition) is 1. The number of ether oxygens (including phenoxy) is 2. The van der Waals surface area contributed by atoms with Crippen molar-refractivity contribution >= 4 is 0 Å². The summed E-state index contributed by atoms with van der Waals surface area (Å²) in [6, 6.07) is 0.580. The number of nitrogens with one attached hydrogen (secondary N) is 1. The molecule has 3 heteroatoms. The van der Waals surface area contributed by atoms with Crippen LogP contribution < -0.4 is 5.32 Å². The molecule has 14 heavy (non-hydrogen) atoms. The maximum atomic E-state index is 5.53. The zero-order chi connectivity index (χ0) is 9.80. The molecule has 0 aromatic rings. The normalized spacial score (nSPS) is 38.8. The average molecular weight is 199 g/mol. The van der Waals surface area contributed by atoms with Crippen molar-refractivity contribution in [3.63, 3.8) is 0 Å². The molecule has 0 aliphatic carbocycles. The van der Waals surface area contributed by atoms with E-state index in [1.807, 2.05) is 0 Å². The van der Waals surface area contributed by atoms with Gasteiger partial charge in [0.25, 0.3) is 0 Å². The number of rotatable bonds is 3. The third-order valence-electron chi connectivity index (χ3n) is 3.36. The van der Waals surface area contributed by atoms with Crippen LogP contribution in [-0.4, -0.2) is 38.5 Å². The molecule has 3 atom stereocenters. The standard InChI is InChI=1S/C11H21NO2/c1-9-10(4-6-14-9)7-12-11-3-2-5-13-8-11/h9-12H,2-8H2,1H3. The first-order valence-electron chi connectivity index (χ1n) is 5.79. The van der Waals surface area contributed by atoms with Gasteiger partial charge in [0, 0.05) is 25.8 Å². The fourth-order valence-corrected chi connectivity index (χ4v) is 2.26. The van der Waals surface area contributed by atoms with Crippen molar-refractivity contribution in [3.05, 3.63) is 0 Å².